The molecule has 2 aromatic rings. The quantitative estimate of drug-likeness (QED) is 0.600. The monoisotopic (exact) mass is 270 g/mol. The van der Waals surface area contributed by atoms with Gasteiger partial charge in [0.05, 0.1) is 7.11 Å². The second-order valence-corrected chi connectivity index (χ2v) is 4.94. The maximum absolute atomic E-state index is 5.67. The van der Waals surface area contributed by atoms with Crippen LogP contribution in [0.25, 0.3) is 0 Å². The van der Waals surface area contributed by atoms with Crippen LogP contribution in [-0.4, -0.2) is 13.2 Å². The number of benzene rings is 2. The molecule has 0 aliphatic heterocycles. The van der Waals surface area contributed by atoms with Crippen molar-refractivity contribution in [2.45, 2.75) is 25.3 Å². The van der Waals surface area contributed by atoms with E-state index in [0.29, 0.717) is 0 Å². The molecule has 20 heavy (non-hydrogen) atoms. The molecule has 0 aliphatic carbocycles. The van der Waals surface area contributed by atoms with Crippen molar-refractivity contribution < 1.29 is 4.74 Å². The number of hydrogen-bond acceptors (Lipinski definition) is 3. The molecule has 1 unspecified atom stereocenters. The topological polar surface area (TPSA) is 47.3 Å². The highest BCUT2D eigenvalue weighted by Gasteiger charge is 2.08. The minimum atomic E-state index is 0.281. The molecule has 3 nitrogen and oxygen atoms in total. The summed E-state index contributed by atoms with van der Waals surface area (Å²) in [7, 11) is 1.68. The highest BCUT2D eigenvalue weighted by molar-refractivity contribution is 5.27. The van der Waals surface area contributed by atoms with Crippen LogP contribution in [0.5, 0.6) is 5.75 Å². The molecule has 3 N–H and O–H groups in total. The standard InChI is InChI=1S/C17H22N2O/c1-20-17-11-8-15(9-12-17)13-16(19-18)10-7-14-5-3-2-4-6-14/h2-6,8-9,11-12,16,19H,7,10,13,18H2,1H3. The van der Waals surface area contributed by atoms with Crippen molar-refractivity contribution in [1.29, 1.82) is 0 Å². The van der Waals surface area contributed by atoms with Gasteiger partial charge in [-0.2, -0.15) is 0 Å². The molecule has 0 heterocycles. The Labute approximate surface area is 120 Å². The Morgan fingerprint density at radius 2 is 1.70 bits per heavy atom. The summed E-state index contributed by atoms with van der Waals surface area (Å²) in [5, 5.41) is 0. The van der Waals surface area contributed by atoms with E-state index in [4.69, 9.17) is 10.6 Å². The summed E-state index contributed by atoms with van der Waals surface area (Å²) in [5.74, 6) is 6.55. The number of aryl methyl sites for hydroxylation is 1. The number of hydrazine groups is 1. The molecule has 0 saturated heterocycles. The fourth-order valence-corrected chi connectivity index (χ4v) is 2.28. The Kier molecular flexibility index (Phi) is 5.59. The van der Waals surface area contributed by atoms with E-state index in [9.17, 15) is 0 Å². The van der Waals surface area contributed by atoms with Gasteiger partial charge in [-0.15, -0.1) is 0 Å². The van der Waals surface area contributed by atoms with E-state index >= 15 is 0 Å². The molecule has 1 atom stereocenters. The lowest BCUT2D eigenvalue weighted by molar-refractivity contribution is 0.414. The number of rotatable bonds is 7. The van der Waals surface area contributed by atoms with Crippen LogP contribution in [0.4, 0.5) is 0 Å². The van der Waals surface area contributed by atoms with Gasteiger partial charge >= 0.3 is 0 Å². The van der Waals surface area contributed by atoms with Gasteiger partial charge < -0.3 is 4.74 Å². The van der Waals surface area contributed by atoms with E-state index in [1.165, 1.54) is 11.1 Å². The molecule has 0 amide bonds. The minimum Gasteiger partial charge on any atom is -0.497 e. The summed E-state index contributed by atoms with van der Waals surface area (Å²) in [6, 6.07) is 18.9. The molecule has 0 radical (unpaired) electrons. The zero-order valence-electron chi connectivity index (χ0n) is 11.9. The normalized spacial score (nSPS) is 12.1. The molecule has 3 heteroatoms. The molecule has 0 fully saturated rings. The van der Waals surface area contributed by atoms with Gasteiger partial charge in [0.2, 0.25) is 0 Å². The van der Waals surface area contributed by atoms with Gasteiger partial charge in [-0.25, -0.2) is 0 Å². The predicted molar refractivity (Wildman–Crippen MR) is 82.6 cm³/mol. The molecule has 2 rings (SSSR count). The van der Waals surface area contributed by atoms with E-state index in [1.807, 2.05) is 18.2 Å². The Morgan fingerprint density at radius 3 is 2.30 bits per heavy atom. The number of nitrogens with two attached hydrogens (primary N) is 1. The van der Waals surface area contributed by atoms with E-state index < -0.39 is 0 Å². The van der Waals surface area contributed by atoms with Crippen molar-refractivity contribution in [2.75, 3.05) is 7.11 Å². The average molecular weight is 270 g/mol. The lowest BCUT2D eigenvalue weighted by Gasteiger charge is -2.16. The fourth-order valence-electron chi connectivity index (χ4n) is 2.28. The smallest absolute Gasteiger partial charge is 0.118 e. The fraction of sp³-hybridized carbons (Fsp3) is 0.294. The second kappa shape index (κ2) is 7.68. The first-order valence-corrected chi connectivity index (χ1v) is 6.95. The van der Waals surface area contributed by atoms with Gasteiger partial charge in [0.15, 0.2) is 0 Å². The number of methoxy groups -OCH3 is 1. The van der Waals surface area contributed by atoms with Crippen molar-refractivity contribution in [1.82, 2.24) is 5.43 Å². The lowest BCUT2D eigenvalue weighted by Crippen LogP contribution is -2.37. The number of hydrogen-bond donors (Lipinski definition) is 2. The van der Waals surface area contributed by atoms with Crippen LogP contribution in [0.2, 0.25) is 0 Å². The first-order valence-electron chi connectivity index (χ1n) is 6.95. The van der Waals surface area contributed by atoms with Gasteiger partial charge in [-0.05, 0) is 42.5 Å². The van der Waals surface area contributed by atoms with Crippen molar-refractivity contribution >= 4 is 0 Å². The summed E-state index contributed by atoms with van der Waals surface area (Å²) in [6.07, 6.45) is 2.98. The third-order valence-corrected chi connectivity index (χ3v) is 3.50. The minimum absolute atomic E-state index is 0.281. The van der Waals surface area contributed by atoms with Crippen LogP contribution in [0.1, 0.15) is 17.5 Å². The van der Waals surface area contributed by atoms with Crippen LogP contribution >= 0.6 is 0 Å². The summed E-state index contributed by atoms with van der Waals surface area (Å²) in [6.45, 7) is 0. The van der Waals surface area contributed by atoms with E-state index in [-0.39, 0.29) is 6.04 Å². The zero-order valence-corrected chi connectivity index (χ0v) is 11.9. The van der Waals surface area contributed by atoms with Crippen LogP contribution < -0.4 is 16.0 Å². The predicted octanol–water partition coefficient (Wildman–Crippen LogP) is 2.70. The molecule has 0 spiro atoms. The van der Waals surface area contributed by atoms with Crippen molar-refractivity contribution in [2.24, 2.45) is 5.84 Å². The molecule has 0 aliphatic rings. The summed E-state index contributed by atoms with van der Waals surface area (Å²) in [4.78, 5) is 0. The maximum atomic E-state index is 5.67. The SMILES string of the molecule is COc1ccc(CC(CCc2ccccc2)NN)cc1. The van der Waals surface area contributed by atoms with Gasteiger partial charge in [0.1, 0.15) is 5.75 Å². The van der Waals surface area contributed by atoms with E-state index in [2.05, 4.69) is 41.8 Å². The van der Waals surface area contributed by atoms with E-state index in [1.54, 1.807) is 7.11 Å². The Balaban J connectivity index is 1.88. The average Bonchev–Trinajstić information content (AvgIpc) is 2.53. The third-order valence-electron chi connectivity index (χ3n) is 3.50. The lowest BCUT2D eigenvalue weighted by atomic mass is 9.99. The number of nitrogens with one attached hydrogen (secondary N) is 1. The highest BCUT2D eigenvalue weighted by Crippen LogP contribution is 2.14. The molecular weight excluding hydrogens is 248 g/mol. The summed E-state index contributed by atoms with van der Waals surface area (Å²) in [5.41, 5.74) is 5.53. The Hall–Kier alpha value is -1.84. The molecule has 2 aromatic carbocycles. The van der Waals surface area contributed by atoms with Crippen LogP contribution in [-0.2, 0) is 12.8 Å². The molecule has 0 aromatic heterocycles. The largest absolute Gasteiger partial charge is 0.497 e. The molecule has 106 valence electrons. The van der Waals surface area contributed by atoms with Gasteiger partial charge in [-0.1, -0.05) is 42.5 Å². The first-order chi connectivity index (χ1) is 9.81. The Morgan fingerprint density at radius 1 is 1.00 bits per heavy atom. The van der Waals surface area contributed by atoms with Crippen LogP contribution in [0.3, 0.4) is 0 Å². The number of ether oxygens (including phenoxy) is 1. The van der Waals surface area contributed by atoms with E-state index in [0.717, 1.165) is 25.0 Å². The third kappa shape index (κ3) is 4.37. The van der Waals surface area contributed by atoms with Crippen LogP contribution in [0, 0.1) is 0 Å². The molecule has 0 saturated carbocycles. The summed E-state index contributed by atoms with van der Waals surface area (Å²) >= 11 is 0. The van der Waals surface area contributed by atoms with Gasteiger partial charge in [0, 0.05) is 6.04 Å². The first kappa shape index (κ1) is 14.6. The molecule has 0 bridgehead atoms. The zero-order chi connectivity index (χ0) is 14.2. The van der Waals surface area contributed by atoms with Gasteiger partial charge in [0.25, 0.3) is 0 Å². The van der Waals surface area contributed by atoms with Gasteiger partial charge in [-0.3, -0.25) is 11.3 Å². The van der Waals surface area contributed by atoms with Crippen molar-refractivity contribution in [3.63, 3.8) is 0 Å². The summed E-state index contributed by atoms with van der Waals surface area (Å²) < 4.78 is 5.17. The Bertz CT molecular complexity index is 496. The van der Waals surface area contributed by atoms with Crippen LogP contribution in [0.15, 0.2) is 54.6 Å². The second-order valence-electron chi connectivity index (χ2n) is 4.94. The van der Waals surface area contributed by atoms with Crippen molar-refractivity contribution in [3.05, 3.63) is 65.7 Å². The maximum Gasteiger partial charge on any atom is 0.118 e. The molecular formula is C17H22N2O. The van der Waals surface area contributed by atoms with Crippen molar-refractivity contribution in [3.8, 4) is 5.75 Å². The highest BCUT2D eigenvalue weighted by atomic mass is 16.5.